The molecule has 0 radical (unpaired) electrons. The van der Waals surface area contributed by atoms with Crippen LogP contribution in [0, 0.1) is 5.63 Å². The van der Waals surface area contributed by atoms with Crippen molar-refractivity contribution in [3.05, 3.63) is 23.2 Å². The van der Waals surface area contributed by atoms with Gasteiger partial charge in [-0.3, -0.25) is 5.50 Å². The highest BCUT2D eigenvalue weighted by Gasteiger charge is 2.09. The summed E-state index contributed by atoms with van der Waals surface area (Å²) in [5, 5.41) is 3.39. The molecule has 0 aromatic rings. The molecule has 0 aromatic heterocycles. The summed E-state index contributed by atoms with van der Waals surface area (Å²) in [6.45, 7) is 1.10. The van der Waals surface area contributed by atoms with Crippen LogP contribution in [0.4, 0.5) is 0 Å². The predicted octanol–water partition coefficient (Wildman–Crippen LogP) is 1.86. The normalized spacial score (nSPS) is 24.9. The van der Waals surface area contributed by atoms with E-state index in [0.717, 1.165) is 13.0 Å². The Hall–Kier alpha value is -0.680. The fourth-order valence-electron chi connectivity index (χ4n) is 1.54. The number of hydrogen-bond acceptors (Lipinski definition) is 2. The second-order valence-corrected chi connectivity index (χ2v) is 4.53. The van der Waals surface area contributed by atoms with E-state index >= 15 is 0 Å². The van der Waals surface area contributed by atoms with Crippen molar-refractivity contribution in [3.8, 4) is 5.63 Å². The zero-order valence-corrected chi connectivity index (χ0v) is 7.90. The summed E-state index contributed by atoms with van der Waals surface area (Å²) >= 11 is 0. The van der Waals surface area contributed by atoms with Gasteiger partial charge in [0.05, 0.1) is 0 Å². The van der Waals surface area contributed by atoms with Crippen molar-refractivity contribution in [2.45, 2.75) is 19.3 Å². The lowest BCUT2D eigenvalue weighted by Crippen LogP contribution is -2.20. The summed E-state index contributed by atoms with van der Waals surface area (Å²) in [7, 11) is -0.567. The molecule has 0 fully saturated rings. The van der Waals surface area contributed by atoms with Crippen LogP contribution in [-0.4, -0.2) is 6.54 Å². The molecule has 0 saturated heterocycles. The Balaban J connectivity index is 2.29. The predicted molar refractivity (Wildman–Crippen MR) is 53.0 cm³/mol. The van der Waals surface area contributed by atoms with Gasteiger partial charge in [0.1, 0.15) is 0 Å². The van der Waals surface area contributed by atoms with Gasteiger partial charge in [-0.25, -0.2) is 0 Å². The van der Waals surface area contributed by atoms with Crippen LogP contribution >= 0.6 is 7.53 Å². The van der Waals surface area contributed by atoms with Crippen LogP contribution in [0.3, 0.4) is 0 Å². The molecule has 3 heteroatoms. The van der Waals surface area contributed by atoms with Crippen molar-refractivity contribution in [2.24, 2.45) is 5.50 Å². The molecule has 2 rings (SSSR count). The van der Waals surface area contributed by atoms with Crippen molar-refractivity contribution in [1.82, 2.24) is 5.32 Å². The van der Waals surface area contributed by atoms with Gasteiger partial charge in [-0.05, 0) is 37.8 Å². The first-order valence-electron chi connectivity index (χ1n) is 4.28. The Bertz CT molecular complexity index is 327. The molecule has 0 spiro atoms. The molecule has 1 atom stereocenters. The van der Waals surface area contributed by atoms with Crippen LogP contribution in [0.25, 0.3) is 0 Å². The number of nitrogens with one attached hydrogen (secondary N) is 1. The Morgan fingerprint density at radius 3 is 3.42 bits per heavy atom. The maximum absolute atomic E-state index is 5.80. The van der Waals surface area contributed by atoms with E-state index < -0.39 is 7.53 Å². The first-order chi connectivity index (χ1) is 5.86. The molecule has 64 valence electrons. The number of hydrogen-bond donors (Lipinski definition) is 2. The average molecular weight is 180 g/mol. The quantitative estimate of drug-likeness (QED) is 0.558. The SMILES string of the molecule is NP1#CCC2=C(C=C1)NCCC2. The third kappa shape index (κ3) is 1.56. The highest BCUT2D eigenvalue weighted by Crippen LogP contribution is 2.25. The third-order valence-electron chi connectivity index (χ3n) is 2.23. The minimum atomic E-state index is -0.567. The van der Waals surface area contributed by atoms with Crippen molar-refractivity contribution in [3.63, 3.8) is 0 Å². The van der Waals surface area contributed by atoms with E-state index in [0.29, 0.717) is 0 Å². The third-order valence-corrected chi connectivity index (χ3v) is 3.22. The number of nitrogens with two attached hydrogens (primary N) is 1. The van der Waals surface area contributed by atoms with Crippen LogP contribution in [-0.2, 0) is 0 Å². The molecule has 0 aromatic carbocycles. The maximum atomic E-state index is 5.80. The second kappa shape index (κ2) is 3.37. The molecular formula is C9H13N2P. The molecule has 2 aliphatic heterocycles. The van der Waals surface area contributed by atoms with Crippen LogP contribution in [0.15, 0.2) is 23.2 Å². The molecule has 2 aliphatic rings. The van der Waals surface area contributed by atoms with Gasteiger partial charge in [0.2, 0.25) is 0 Å². The number of allylic oxidation sites excluding steroid dienone is 2. The van der Waals surface area contributed by atoms with Crippen LogP contribution in [0.1, 0.15) is 19.3 Å². The summed E-state index contributed by atoms with van der Waals surface area (Å²) in [4.78, 5) is 0. The van der Waals surface area contributed by atoms with E-state index in [4.69, 9.17) is 5.50 Å². The largest absolute Gasteiger partial charge is 0.385 e. The van der Waals surface area contributed by atoms with Crippen LogP contribution < -0.4 is 10.8 Å². The summed E-state index contributed by atoms with van der Waals surface area (Å²) in [6.07, 6.45) is 5.54. The van der Waals surface area contributed by atoms with Gasteiger partial charge in [0.15, 0.2) is 0 Å². The molecule has 2 heterocycles. The van der Waals surface area contributed by atoms with E-state index in [1.54, 1.807) is 0 Å². The van der Waals surface area contributed by atoms with Crippen molar-refractivity contribution >= 4 is 7.53 Å². The monoisotopic (exact) mass is 180 g/mol. The molecule has 1 unspecified atom stereocenters. The molecule has 0 amide bonds. The standard InChI is InChI=1S/C9H13N2P/c10-12-6-3-8-2-1-5-11-9(8)4-7-12/h4,7,11H,1-3,5,10H2. The lowest BCUT2D eigenvalue weighted by Gasteiger charge is -2.17. The summed E-state index contributed by atoms with van der Waals surface area (Å²) in [6, 6.07) is 0. The van der Waals surface area contributed by atoms with Crippen LogP contribution in [0.5, 0.6) is 0 Å². The summed E-state index contributed by atoms with van der Waals surface area (Å²) in [5.74, 6) is 2.07. The topological polar surface area (TPSA) is 38.0 Å². The Labute approximate surface area is 73.6 Å². The van der Waals surface area contributed by atoms with E-state index in [9.17, 15) is 0 Å². The van der Waals surface area contributed by atoms with Gasteiger partial charge in [-0.15, -0.1) is 5.63 Å². The van der Waals surface area contributed by atoms with Gasteiger partial charge in [-0.1, -0.05) is 0 Å². The van der Waals surface area contributed by atoms with Crippen LogP contribution in [0.2, 0.25) is 0 Å². The molecule has 3 N–H and O–H groups in total. The minimum Gasteiger partial charge on any atom is -0.385 e. The summed E-state index contributed by atoms with van der Waals surface area (Å²) in [5.41, 5.74) is 11.9. The fraction of sp³-hybridized carbons (Fsp3) is 0.444. The van der Waals surface area contributed by atoms with Gasteiger partial charge in [0.25, 0.3) is 0 Å². The summed E-state index contributed by atoms with van der Waals surface area (Å²) < 4.78 is 0. The zero-order valence-electron chi connectivity index (χ0n) is 7.01. The molecule has 0 saturated carbocycles. The average Bonchev–Trinajstić information content (AvgIpc) is 2.29. The Morgan fingerprint density at radius 1 is 1.58 bits per heavy atom. The molecule has 0 bridgehead atoms. The minimum absolute atomic E-state index is 0.567. The van der Waals surface area contributed by atoms with E-state index in [-0.39, 0.29) is 0 Å². The zero-order chi connectivity index (χ0) is 8.39. The number of rotatable bonds is 0. The lowest BCUT2D eigenvalue weighted by molar-refractivity contribution is 0.667. The van der Waals surface area contributed by atoms with Gasteiger partial charge < -0.3 is 5.32 Å². The highest BCUT2D eigenvalue weighted by atomic mass is 31.1. The smallest absolute Gasteiger partial charge is 0.0345 e. The molecule has 12 heavy (non-hydrogen) atoms. The van der Waals surface area contributed by atoms with Crippen molar-refractivity contribution < 1.29 is 0 Å². The first kappa shape index (κ1) is 7.94. The Morgan fingerprint density at radius 2 is 2.50 bits per heavy atom. The van der Waals surface area contributed by atoms with Gasteiger partial charge in [-0.2, -0.15) is 0 Å². The van der Waals surface area contributed by atoms with E-state index in [1.165, 1.54) is 24.1 Å². The molecule has 0 aliphatic carbocycles. The van der Waals surface area contributed by atoms with Crippen molar-refractivity contribution in [1.29, 1.82) is 0 Å². The van der Waals surface area contributed by atoms with E-state index in [2.05, 4.69) is 22.8 Å². The van der Waals surface area contributed by atoms with Gasteiger partial charge >= 0.3 is 0 Å². The fourth-order valence-corrected chi connectivity index (χ4v) is 2.33. The lowest BCUT2D eigenvalue weighted by atomic mass is 10.0. The maximum Gasteiger partial charge on any atom is 0.0345 e. The van der Waals surface area contributed by atoms with Crippen molar-refractivity contribution in [2.75, 3.05) is 6.54 Å². The molecule has 2 nitrogen and oxygen atoms in total. The van der Waals surface area contributed by atoms with Gasteiger partial charge in [0, 0.05) is 18.7 Å². The first-order valence-corrected chi connectivity index (χ1v) is 5.76. The highest BCUT2D eigenvalue weighted by molar-refractivity contribution is 7.47. The molecular weight excluding hydrogens is 167 g/mol. The second-order valence-electron chi connectivity index (χ2n) is 3.11. The Kier molecular flexibility index (Phi) is 2.23. The van der Waals surface area contributed by atoms with E-state index in [1.807, 2.05) is 0 Å².